The maximum Gasteiger partial charge on any atom is 0.326 e. The Morgan fingerprint density at radius 1 is 1.09 bits per heavy atom. The van der Waals surface area contributed by atoms with Gasteiger partial charge in [0.05, 0.1) is 12.4 Å². The molecule has 0 aliphatic heterocycles. The Labute approximate surface area is 199 Å². The molecule has 11 nitrogen and oxygen atoms in total. The van der Waals surface area contributed by atoms with E-state index in [1.54, 1.807) is 6.92 Å². The molecule has 33 heavy (non-hydrogen) atoms. The molecule has 1 rings (SSSR count). The van der Waals surface area contributed by atoms with Crippen molar-refractivity contribution >= 4 is 36.3 Å². The zero-order valence-electron chi connectivity index (χ0n) is 19.5. The number of carbonyl (C=O) groups excluding carboxylic acids is 3. The number of hydrogen-bond donors (Lipinski definition) is 7. The quantitative estimate of drug-likeness (QED) is 0.179. The third-order valence-corrected chi connectivity index (χ3v) is 5.66. The van der Waals surface area contributed by atoms with E-state index in [1.807, 2.05) is 20.8 Å². The van der Waals surface area contributed by atoms with Crippen LogP contribution in [0.2, 0.25) is 0 Å². The smallest absolute Gasteiger partial charge is 0.326 e. The molecule has 0 saturated carbocycles. The average Bonchev–Trinajstić information content (AvgIpc) is 3.27. The lowest BCUT2D eigenvalue weighted by molar-refractivity contribution is -0.143. The minimum atomic E-state index is -1.16. The number of hydrogen-bond acceptors (Lipinski definition) is 7. The molecule has 5 unspecified atom stereocenters. The molecule has 0 fully saturated rings. The lowest BCUT2D eigenvalue weighted by atomic mass is 9.98. The fourth-order valence-corrected chi connectivity index (χ4v) is 3.27. The summed E-state index contributed by atoms with van der Waals surface area (Å²) in [5.74, 6) is -3.04. The Kier molecular flexibility index (Phi) is 11.9. The van der Waals surface area contributed by atoms with Crippen LogP contribution in [0.4, 0.5) is 0 Å². The maximum atomic E-state index is 13.1. The lowest BCUT2D eigenvalue weighted by Crippen LogP contribution is -2.58. The second-order valence-corrected chi connectivity index (χ2v) is 8.90. The van der Waals surface area contributed by atoms with E-state index < -0.39 is 47.9 Å². The molecule has 0 aliphatic carbocycles. The first-order valence-electron chi connectivity index (χ1n) is 11.0. The number of nitrogens with two attached hydrogens (primary N) is 1. The van der Waals surface area contributed by atoms with Crippen LogP contribution in [-0.4, -0.2) is 68.7 Å². The van der Waals surface area contributed by atoms with Crippen molar-refractivity contribution in [3.05, 3.63) is 18.2 Å². The van der Waals surface area contributed by atoms with Crippen molar-refractivity contribution in [3.8, 4) is 0 Å². The molecule has 0 radical (unpaired) electrons. The minimum Gasteiger partial charge on any atom is -0.480 e. The third-order valence-electron chi connectivity index (χ3n) is 5.26. The second-order valence-electron chi connectivity index (χ2n) is 8.53. The highest BCUT2D eigenvalue weighted by Crippen LogP contribution is 2.10. The number of aromatic nitrogens is 2. The summed E-state index contributed by atoms with van der Waals surface area (Å²) < 4.78 is 0. The number of thiol groups is 1. The zero-order valence-corrected chi connectivity index (χ0v) is 20.4. The zero-order chi connectivity index (χ0) is 25.1. The van der Waals surface area contributed by atoms with Crippen LogP contribution in [0.25, 0.3) is 0 Å². The van der Waals surface area contributed by atoms with Crippen molar-refractivity contribution in [2.45, 2.75) is 71.1 Å². The van der Waals surface area contributed by atoms with E-state index in [0.29, 0.717) is 18.5 Å². The first-order valence-corrected chi connectivity index (χ1v) is 11.6. The highest BCUT2D eigenvalue weighted by molar-refractivity contribution is 7.80. The molecule has 5 atom stereocenters. The largest absolute Gasteiger partial charge is 0.480 e. The Morgan fingerprint density at radius 3 is 2.18 bits per heavy atom. The summed E-state index contributed by atoms with van der Waals surface area (Å²) in [6.07, 6.45) is 3.87. The fourth-order valence-electron chi connectivity index (χ4n) is 3.10. The topological polar surface area (TPSA) is 179 Å². The lowest BCUT2D eigenvalue weighted by Gasteiger charge is -2.27. The van der Waals surface area contributed by atoms with Gasteiger partial charge in [-0.2, -0.15) is 12.6 Å². The molecule has 0 bridgehead atoms. The summed E-state index contributed by atoms with van der Waals surface area (Å²) >= 11 is 4.01. The second kappa shape index (κ2) is 13.8. The summed E-state index contributed by atoms with van der Waals surface area (Å²) in [7, 11) is 0. The highest BCUT2D eigenvalue weighted by atomic mass is 32.1. The Hall–Kier alpha value is -2.60. The number of carboxylic acid groups (broad SMARTS) is 1. The number of nitrogens with one attached hydrogen (secondary N) is 4. The van der Waals surface area contributed by atoms with Crippen molar-refractivity contribution in [1.29, 1.82) is 0 Å². The Morgan fingerprint density at radius 2 is 1.70 bits per heavy atom. The first kappa shape index (κ1) is 28.4. The van der Waals surface area contributed by atoms with Crippen LogP contribution < -0.4 is 21.7 Å². The van der Waals surface area contributed by atoms with Gasteiger partial charge in [0.25, 0.3) is 0 Å². The number of H-pyrrole nitrogens is 1. The number of aromatic amines is 1. The van der Waals surface area contributed by atoms with Gasteiger partial charge in [-0.1, -0.05) is 34.1 Å². The van der Waals surface area contributed by atoms with Crippen molar-refractivity contribution < 1.29 is 24.3 Å². The molecule has 12 heteroatoms. The van der Waals surface area contributed by atoms with Crippen LogP contribution in [0, 0.1) is 11.8 Å². The van der Waals surface area contributed by atoms with Crippen LogP contribution in [-0.2, 0) is 25.6 Å². The molecule has 0 saturated heterocycles. The molecule has 0 aromatic carbocycles. The van der Waals surface area contributed by atoms with Gasteiger partial charge in [-0.05, 0) is 18.3 Å². The maximum absolute atomic E-state index is 13.1. The number of carbonyl (C=O) groups is 4. The van der Waals surface area contributed by atoms with Gasteiger partial charge in [-0.15, -0.1) is 0 Å². The van der Waals surface area contributed by atoms with Crippen LogP contribution >= 0.6 is 12.6 Å². The van der Waals surface area contributed by atoms with Crippen molar-refractivity contribution in [1.82, 2.24) is 25.9 Å². The monoisotopic (exact) mass is 484 g/mol. The number of imidazole rings is 1. The predicted molar refractivity (Wildman–Crippen MR) is 126 cm³/mol. The van der Waals surface area contributed by atoms with Gasteiger partial charge in [0.2, 0.25) is 17.7 Å². The number of amides is 3. The molecule has 7 N–H and O–H groups in total. The van der Waals surface area contributed by atoms with Crippen LogP contribution in [0.3, 0.4) is 0 Å². The van der Waals surface area contributed by atoms with E-state index in [4.69, 9.17) is 5.73 Å². The molecular weight excluding hydrogens is 448 g/mol. The van der Waals surface area contributed by atoms with Gasteiger partial charge in [0.15, 0.2) is 0 Å². The predicted octanol–water partition coefficient (Wildman–Crippen LogP) is -0.159. The van der Waals surface area contributed by atoms with Crippen molar-refractivity contribution in [2.24, 2.45) is 17.6 Å². The Bertz CT molecular complexity index is 788. The van der Waals surface area contributed by atoms with Gasteiger partial charge >= 0.3 is 5.97 Å². The number of rotatable bonds is 14. The number of carboxylic acids is 1. The van der Waals surface area contributed by atoms with Crippen molar-refractivity contribution in [2.75, 3.05) is 5.75 Å². The SMILES string of the molecule is CCC(C)C(NC(=O)C(Cc1cnc[nH]1)NC(=O)C(CC(C)C)NC(=O)C(N)CS)C(=O)O. The summed E-state index contributed by atoms with van der Waals surface area (Å²) in [5, 5.41) is 17.3. The first-order chi connectivity index (χ1) is 15.5. The summed E-state index contributed by atoms with van der Waals surface area (Å²) in [6.45, 7) is 7.33. The molecular formula is C21H36N6O5S. The number of nitrogens with zero attached hydrogens (tertiary/aromatic N) is 1. The Balaban J connectivity index is 3.08. The molecule has 186 valence electrons. The summed E-state index contributed by atoms with van der Waals surface area (Å²) in [6, 6.07) is -4.01. The number of aliphatic carboxylic acids is 1. The summed E-state index contributed by atoms with van der Waals surface area (Å²) in [4.78, 5) is 56.8. The van der Waals surface area contributed by atoms with Crippen LogP contribution in [0.1, 0.15) is 46.2 Å². The molecule has 1 aromatic rings. The standard InChI is InChI=1S/C21H36N6O5S/c1-5-12(4)17(21(31)32)27-20(30)16(7-13-8-23-10-24-13)26-19(29)15(6-11(2)3)25-18(28)14(22)9-33/h8,10-12,14-17,33H,5-7,9,22H2,1-4H3,(H,23,24)(H,25,28)(H,26,29)(H,27,30)(H,31,32). The van der Waals surface area contributed by atoms with Gasteiger partial charge in [-0.25, -0.2) is 9.78 Å². The molecule has 3 amide bonds. The molecule has 0 spiro atoms. The van der Waals surface area contributed by atoms with Gasteiger partial charge in [-0.3, -0.25) is 14.4 Å². The van der Waals surface area contributed by atoms with E-state index in [2.05, 4.69) is 38.5 Å². The molecule has 0 aliphatic rings. The molecule has 1 aromatic heterocycles. The normalized spacial score (nSPS) is 15.7. The van der Waals surface area contributed by atoms with E-state index in [9.17, 15) is 24.3 Å². The van der Waals surface area contributed by atoms with Gasteiger partial charge in [0.1, 0.15) is 18.1 Å². The highest BCUT2D eigenvalue weighted by Gasteiger charge is 2.32. The third kappa shape index (κ3) is 9.42. The van der Waals surface area contributed by atoms with E-state index in [1.165, 1.54) is 12.5 Å². The van der Waals surface area contributed by atoms with Gasteiger partial charge < -0.3 is 31.8 Å². The molecule has 1 heterocycles. The van der Waals surface area contributed by atoms with E-state index >= 15 is 0 Å². The summed E-state index contributed by atoms with van der Waals surface area (Å²) in [5.41, 5.74) is 6.29. The van der Waals surface area contributed by atoms with Crippen molar-refractivity contribution in [3.63, 3.8) is 0 Å². The fraction of sp³-hybridized carbons (Fsp3) is 0.667. The minimum absolute atomic E-state index is 0.0584. The van der Waals surface area contributed by atoms with Crippen LogP contribution in [0.5, 0.6) is 0 Å². The average molecular weight is 485 g/mol. The van der Waals surface area contributed by atoms with E-state index in [-0.39, 0.29) is 24.0 Å². The van der Waals surface area contributed by atoms with E-state index in [0.717, 1.165) is 0 Å². The van der Waals surface area contributed by atoms with Crippen LogP contribution in [0.15, 0.2) is 12.5 Å². The van der Waals surface area contributed by atoms with Gasteiger partial charge in [0, 0.05) is 24.1 Å².